The molecule has 0 bridgehead atoms. The number of hydrogen-bond donors (Lipinski definition) is 2. The highest BCUT2D eigenvalue weighted by Gasteiger charge is 2.18. The maximum atomic E-state index is 12.0. The molecule has 122 valence electrons. The molecule has 1 aromatic rings. The molecule has 0 radical (unpaired) electrons. The van der Waals surface area contributed by atoms with Crippen molar-refractivity contribution in [2.45, 2.75) is 24.9 Å². The number of hydrogen-bond acceptors (Lipinski definition) is 3. The smallest absolute Gasteiger partial charge is 0.315 e. The molecular weight excluding hydrogens is 302 g/mol. The zero-order valence-corrected chi connectivity index (χ0v) is 13.9. The van der Waals surface area contributed by atoms with Crippen LogP contribution in [0.3, 0.4) is 0 Å². The van der Waals surface area contributed by atoms with Gasteiger partial charge in [-0.25, -0.2) is 4.79 Å². The summed E-state index contributed by atoms with van der Waals surface area (Å²) >= 11 is 5.93. The van der Waals surface area contributed by atoms with Crippen molar-refractivity contribution < 1.29 is 9.53 Å². The predicted octanol–water partition coefficient (Wildman–Crippen LogP) is 2.42. The Morgan fingerprint density at radius 1 is 1.32 bits per heavy atom. The van der Waals surface area contributed by atoms with Crippen molar-refractivity contribution in [1.29, 1.82) is 0 Å². The highest BCUT2D eigenvalue weighted by molar-refractivity contribution is 6.30. The number of likely N-dealkylation sites (N-methyl/N-ethyl adjacent to an activating group) is 1. The van der Waals surface area contributed by atoms with Gasteiger partial charge in [0.1, 0.15) is 0 Å². The van der Waals surface area contributed by atoms with Crippen molar-refractivity contribution in [3.8, 4) is 0 Å². The number of amides is 2. The van der Waals surface area contributed by atoms with E-state index in [1.807, 2.05) is 38.4 Å². The van der Waals surface area contributed by atoms with Crippen molar-refractivity contribution in [3.63, 3.8) is 0 Å². The van der Waals surface area contributed by atoms with E-state index in [0.29, 0.717) is 11.6 Å². The maximum absolute atomic E-state index is 12.0. The molecular formula is C16H24ClN3O2. The van der Waals surface area contributed by atoms with E-state index < -0.39 is 0 Å². The van der Waals surface area contributed by atoms with E-state index in [9.17, 15) is 4.79 Å². The molecule has 1 heterocycles. The Morgan fingerprint density at radius 3 is 2.55 bits per heavy atom. The number of nitrogens with zero attached hydrogens (tertiary/aromatic N) is 1. The Labute approximate surface area is 137 Å². The van der Waals surface area contributed by atoms with Gasteiger partial charge in [-0.05, 0) is 44.6 Å². The van der Waals surface area contributed by atoms with Crippen LogP contribution in [0.25, 0.3) is 0 Å². The quantitative estimate of drug-likeness (QED) is 0.874. The first-order valence-corrected chi connectivity index (χ1v) is 7.98. The molecule has 2 amide bonds. The topological polar surface area (TPSA) is 53.6 Å². The van der Waals surface area contributed by atoms with Crippen molar-refractivity contribution in [1.82, 2.24) is 15.5 Å². The number of halogens is 1. The second kappa shape index (κ2) is 8.36. The lowest BCUT2D eigenvalue weighted by Gasteiger charge is -2.27. The lowest BCUT2D eigenvalue weighted by molar-refractivity contribution is 0.0800. The number of benzene rings is 1. The van der Waals surface area contributed by atoms with Gasteiger partial charge in [-0.3, -0.25) is 0 Å². The molecule has 1 unspecified atom stereocenters. The van der Waals surface area contributed by atoms with Crippen LogP contribution in [-0.2, 0) is 4.74 Å². The molecule has 0 spiro atoms. The van der Waals surface area contributed by atoms with Gasteiger partial charge in [0.2, 0.25) is 0 Å². The van der Waals surface area contributed by atoms with Gasteiger partial charge in [0.25, 0.3) is 0 Å². The second-order valence-electron chi connectivity index (χ2n) is 5.77. The summed E-state index contributed by atoms with van der Waals surface area (Å²) in [6.45, 7) is 1.98. The summed E-state index contributed by atoms with van der Waals surface area (Å²) in [7, 11) is 3.99. The maximum Gasteiger partial charge on any atom is 0.315 e. The summed E-state index contributed by atoms with van der Waals surface area (Å²) in [5, 5.41) is 6.68. The fraction of sp³-hybridized carbons (Fsp3) is 0.562. The van der Waals surface area contributed by atoms with E-state index in [0.717, 1.165) is 31.6 Å². The Bertz CT molecular complexity index is 473. The molecule has 0 aromatic heterocycles. The second-order valence-corrected chi connectivity index (χ2v) is 6.21. The zero-order chi connectivity index (χ0) is 15.9. The molecule has 1 aromatic carbocycles. The van der Waals surface area contributed by atoms with E-state index in [1.165, 1.54) is 0 Å². The molecule has 6 heteroatoms. The Morgan fingerprint density at radius 2 is 1.95 bits per heavy atom. The monoisotopic (exact) mass is 325 g/mol. The van der Waals surface area contributed by atoms with Crippen molar-refractivity contribution in [2.75, 3.05) is 33.9 Å². The summed E-state index contributed by atoms with van der Waals surface area (Å²) in [4.78, 5) is 14.1. The van der Waals surface area contributed by atoms with Crippen molar-refractivity contribution >= 4 is 17.6 Å². The van der Waals surface area contributed by atoms with Crippen molar-refractivity contribution in [3.05, 3.63) is 34.9 Å². The number of urea groups is 1. The number of nitrogens with one attached hydrogen (secondary N) is 2. The predicted molar refractivity (Wildman–Crippen MR) is 88.3 cm³/mol. The first kappa shape index (κ1) is 17.1. The number of rotatable bonds is 5. The van der Waals surface area contributed by atoms with E-state index in [4.69, 9.17) is 16.3 Å². The molecule has 1 atom stereocenters. The first-order chi connectivity index (χ1) is 10.6. The van der Waals surface area contributed by atoms with E-state index >= 15 is 0 Å². The van der Waals surface area contributed by atoms with Crippen LogP contribution in [0.2, 0.25) is 5.02 Å². The third-order valence-electron chi connectivity index (χ3n) is 3.89. The Hall–Kier alpha value is -1.30. The largest absolute Gasteiger partial charge is 0.381 e. The van der Waals surface area contributed by atoms with E-state index in [2.05, 4.69) is 15.5 Å². The van der Waals surface area contributed by atoms with Crippen LogP contribution >= 0.6 is 11.6 Å². The number of ether oxygens (including phenoxy) is 1. The highest BCUT2D eigenvalue weighted by Crippen LogP contribution is 2.19. The number of carbonyl (C=O) groups is 1. The van der Waals surface area contributed by atoms with Gasteiger partial charge in [-0.1, -0.05) is 23.7 Å². The van der Waals surface area contributed by atoms with Crippen LogP contribution in [0.4, 0.5) is 4.79 Å². The average Bonchev–Trinajstić information content (AvgIpc) is 2.50. The van der Waals surface area contributed by atoms with E-state index in [1.54, 1.807) is 0 Å². The summed E-state index contributed by atoms with van der Waals surface area (Å²) in [5.74, 6) is 0. The van der Waals surface area contributed by atoms with Crippen LogP contribution < -0.4 is 10.6 Å². The van der Waals surface area contributed by atoms with E-state index in [-0.39, 0.29) is 18.1 Å². The summed E-state index contributed by atoms with van der Waals surface area (Å²) < 4.78 is 5.29. The lowest BCUT2D eigenvalue weighted by atomic mass is 10.1. The normalized spacial score (nSPS) is 17.3. The van der Waals surface area contributed by atoms with Gasteiger partial charge < -0.3 is 20.3 Å². The third-order valence-corrected chi connectivity index (χ3v) is 4.14. The molecule has 5 nitrogen and oxygen atoms in total. The van der Waals surface area contributed by atoms with Crippen LogP contribution in [0, 0.1) is 0 Å². The first-order valence-electron chi connectivity index (χ1n) is 7.60. The van der Waals surface area contributed by atoms with Crippen LogP contribution in [0.1, 0.15) is 24.4 Å². The fourth-order valence-corrected chi connectivity index (χ4v) is 2.68. The molecule has 1 fully saturated rings. The molecule has 22 heavy (non-hydrogen) atoms. The average molecular weight is 326 g/mol. The molecule has 1 aliphatic heterocycles. The highest BCUT2D eigenvalue weighted by atomic mass is 35.5. The molecule has 1 saturated heterocycles. The molecule has 0 aliphatic carbocycles. The summed E-state index contributed by atoms with van der Waals surface area (Å²) in [6, 6.07) is 7.92. The Balaban J connectivity index is 1.85. The minimum absolute atomic E-state index is 0.109. The minimum atomic E-state index is -0.118. The molecule has 0 saturated carbocycles. The van der Waals surface area contributed by atoms with Gasteiger partial charge in [-0.2, -0.15) is 0 Å². The zero-order valence-electron chi connectivity index (χ0n) is 13.1. The van der Waals surface area contributed by atoms with Crippen LogP contribution in [0.5, 0.6) is 0 Å². The third kappa shape index (κ3) is 5.16. The molecule has 2 N–H and O–H groups in total. The van der Waals surface area contributed by atoms with Gasteiger partial charge in [0.15, 0.2) is 0 Å². The summed E-state index contributed by atoms with van der Waals surface area (Å²) in [5.41, 5.74) is 1.13. The van der Waals surface area contributed by atoms with Crippen molar-refractivity contribution in [2.24, 2.45) is 0 Å². The minimum Gasteiger partial charge on any atom is -0.381 e. The number of carbonyl (C=O) groups excluding carboxylic acids is 1. The SMILES string of the molecule is CN(C)C(CNC(=O)NC1CCOCC1)c1ccc(Cl)cc1. The Kier molecular flexibility index (Phi) is 6.49. The standard InChI is InChI=1S/C16H24ClN3O2/c1-20(2)15(12-3-5-13(17)6-4-12)11-18-16(21)19-14-7-9-22-10-8-14/h3-6,14-15H,7-11H2,1-2H3,(H2,18,19,21). The van der Waals surface area contributed by atoms with Gasteiger partial charge in [0, 0.05) is 30.8 Å². The molecule has 2 rings (SSSR count). The van der Waals surface area contributed by atoms with Crippen LogP contribution in [-0.4, -0.2) is 50.8 Å². The van der Waals surface area contributed by atoms with Crippen LogP contribution in [0.15, 0.2) is 24.3 Å². The summed E-state index contributed by atoms with van der Waals surface area (Å²) in [6.07, 6.45) is 1.75. The van der Waals surface area contributed by atoms with Gasteiger partial charge in [-0.15, -0.1) is 0 Å². The fourth-order valence-electron chi connectivity index (χ4n) is 2.55. The lowest BCUT2D eigenvalue weighted by Crippen LogP contribution is -2.46. The van der Waals surface area contributed by atoms with Gasteiger partial charge >= 0.3 is 6.03 Å². The van der Waals surface area contributed by atoms with Gasteiger partial charge in [0.05, 0.1) is 6.04 Å². The molecule has 1 aliphatic rings.